The van der Waals surface area contributed by atoms with Crippen LogP contribution in [0.1, 0.15) is 40.3 Å². The van der Waals surface area contributed by atoms with Crippen molar-refractivity contribution in [2.45, 2.75) is 25.9 Å². The Morgan fingerprint density at radius 3 is 2.61 bits per heavy atom. The number of fused-ring (bicyclic) bond motifs is 1. The number of hydrogen-bond donors (Lipinski definition) is 2. The molecule has 31 heavy (non-hydrogen) atoms. The van der Waals surface area contributed by atoms with E-state index in [9.17, 15) is 9.59 Å². The van der Waals surface area contributed by atoms with E-state index in [-0.39, 0.29) is 11.6 Å². The number of aryl methyl sites for hydroxylation is 1. The molecule has 0 saturated heterocycles. The van der Waals surface area contributed by atoms with Gasteiger partial charge in [-0.05, 0) is 38.1 Å². The van der Waals surface area contributed by atoms with E-state index in [1.165, 1.54) is 24.2 Å². The highest BCUT2D eigenvalue weighted by Crippen LogP contribution is 2.43. The topological polar surface area (TPSA) is 120 Å². The molecule has 0 atom stereocenters. The molecule has 3 heterocycles. The second kappa shape index (κ2) is 7.71. The zero-order chi connectivity index (χ0) is 22.2. The second-order valence-corrected chi connectivity index (χ2v) is 7.69. The Balaban J connectivity index is 1.69. The summed E-state index contributed by atoms with van der Waals surface area (Å²) in [5.74, 6) is 1.06. The predicted octanol–water partition coefficient (Wildman–Crippen LogP) is 2.33. The van der Waals surface area contributed by atoms with E-state index in [1.54, 1.807) is 31.3 Å². The summed E-state index contributed by atoms with van der Waals surface area (Å²) < 4.78 is 12.1. The first-order valence-electron chi connectivity index (χ1n) is 9.64. The summed E-state index contributed by atoms with van der Waals surface area (Å²) in [6, 6.07) is 6.59. The van der Waals surface area contributed by atoms with Crippen LogP contribution in [0.4, 0.5) is 5.82 Å². The SMILES string of the molecule is CNC(=O)c1ccc(Oc2c(C(=O)Nc3cnn(C)n3)ccc3c2CC(C)(C)O3)cn1. The summed E-state index contributed by atoms with van der Waals surface area (Å²) in [6.45, 7) is 3.94. The fraction of sp³-hybridized carbons (Fsp3) is 0.286. The van der Waals surface area contributed by atoms with Crippen LogP contribution in [0.2, 0.25) is 0 Å². The molecule has 0 radical (unpaired) electrons. The minimum absolute atomic E-state index is 0.262. The van der Waals surface area contributed by atoms with Crippen molar-refractivity contribution in [1.29, 1.82) is 0 Å². The van der Waals surface area contributed by atoms with Crippen molar-refractivity contribution in [2.75, 3.05) is 12.4 Å². The number of aromatic nitrogens is 4. The first-order valence-corrected chi connectivity index (χ1v) is 9.64. The van der Waals surface area contributed by atoms with Crippen LogP contribution in [0.5, 0.6) is 17.2 Å². The zero-order valence-electron chi connectivity index (χ0n) is 17.6. The lowest BCUT2D eigenvalue weighted by molar-refractivity contribution is 0.0957. The van der Waals surface area contributed by atoms with E-state index in [0.717, 1.165) is 5.56 Å². The fourth-order valence-corrected chi connectivity index (χ4v) is 3.34. The number of nitrogens with one attached hydrogen (secondary N) is 2. The molecule has 1 aliphatic heterocycles. The number of hydrogen-bond acceptors (Lipinski definition) is 7. The summed E-state index contributed by atoms with van der Waals surface area (Å²) in [5.41, 5.74) is 0.938. The van der Waals surface area contributed by atoms with Gasteiger partial charge in [-0.25, -0.2) is 4.98 Å². The number of rotatable bonds is 5. The summed E-state index contributed by atoms with van der Waals surface area (Å²) in [7, 11) is 3.19. The zero-order valence-corrected chi connectivity index (χ0v) is 17.6. The number of amides is 2. The highest BCUT2D eigenvalue weighted by molar-refractivity contribution is 6.06. The number of nitrogens with zero attached hydrogens (tertiary/aromatic N) is 4. The van der Waals surface area contributed by atoms with Gasteiger partial charge >= 0.3 is 0 Å². The molecule has 0 fully saturated rings. The Bertz CT molecular complexity index is 1150. The predicted molar refractivity (Wildman–Crippen MR) is 112 cm³/mol. The van der Waals surface area contributed by atoms with Gasteiger partial charge in [0, 0.05) is 26.1 Å². The molecule has 2 aromatic heterocycles. The second-order valence-electron chi connectivity index (χ2n) is 7.69. The Hall–Kier alpha value is -3.95. The number of benzene rings is 1. The third kappa shape index (κ3) is 4.18. The van der Waals surface area contributed by atoms with E-state index >= 15 is 0 Å². The van der Waals surface area contributed by atoms with Gasteiger partial charge in [0.05, 0.1) is 18.0 Å². The summed E-state index contributed by atoms with van der Waals surface area (Å²) in [4.78, 5) is 30.2. The summed E-state index contributed by atoms with van der Waals surface area (Å²) in [5, 5.41) is 13.3. The van der Waals surface area contributed by atoms with Gasteiger partial charge in [-0.1, -0.05) is 0 Å². The van der Waals surface area contributed by atoms with Crippen molar-refractivity contribution >= 4 is 17.6 Å². The third-order valence-corrected chi connectivity index (χ3v) is 4.71. The van der Waals surface area contributed by atoms with Crippen LogP contribution >= 0.6 is 0 Å². The molecule has 2 amide bonds. The standard InChI is InChI=1S/C21H22N6O4/c1-21(2)9-14-16(31-21)8-6-13(19(28)25-17-11-24-27(4)26-17)18(14)30-12-5-7-15(23-10-12)20(29)22-3/h5-8,10-11H,9H2,1-4H3,(H,22,29)(H,25,26,28). The van der Waals surface area contributed by atoms with E-state index < -0.39 is 11.5 Å². The van der Waals surface area contributed by atoms with Crippen LogP contribution < -0.4 is 20.1 Å². The Labute approximate surface area is 178 Å². The minimum Gasteiger partial charge on any atom is -0.487 e. The lowest BCUT2D eigenvalue weighted by Crippen LogP contribution is -2.24. The molecule has 0 aliphatic carbocycles. The Morgan fingerprint density at radius 2 is 1.97 bits per heavy atom. The van der Waals surface area contributed by atoms with Gasteiger partial charge < -0.3 is 20.1 Å². The monoisotopic (exact) mass is 422 g/mol. The molecular formula is C21H22N6O4. The molecule has 1 aliphatic rings. The van der Waals surface area contributed by atoms with Crippen molar-refractivity contribution < 1.29 is 19.1 Å². The van der Waals surface area contributed by atoms with Gasteiger partial charge in [0.1, 0.15) is 28.5 Å². The summed E-state index contributed by atoms with van der Waals surface area (Å²) in [6.07, 6.45) is 3.46. The largest absolute Gasteiger partial charge is 0.487 e. The molecule has 0 unspecified atom stereocenters. The Kier molecular flexibility index (Phi) is 5.05. The molecular weight excluding hydrogens is 400 g/mol. The van der Waals surface area contributed by atoms with Gasteiger partial charge in [-0.3, -0.25) is 9.59 Å². The smallest absolute Gasteiger partial charge is 0.269 e. The van der Waals surface area contributed by atoms with Gasteiger partial charge in [0.2, 0.25) is 0 Å². The van der Waals surface area contributed by atoms with E-state index in [4.69, 9.17) is 9.47 Å². The molecule has 160 valence electrons. The van der Waals surface area contributed by atoms with Crippen LogP contribution in [0.3, 0.4) is 0 Å². The molecule has 0 spiro atoms. The maximum absolute atomic E-state index is 13.0. The molecule has 10 heteroatoms. The number of pyridine rings is 1. The average Bonchev–Trinajstić information content (AvgIpc) is 3.29. The van der Waals surface area contributed by atoms with Gasteiger partial charge in [-0.15, -0.1) is 5.10 Å². The Morgan fingerprint density at radius 1 is 1.16 bits per heavy atom. The van der Waals surface area contributed by atoms with Crippen LogP contribution in [-0.4, -0.2) is 44.4 Å². The highest BCUT2D eigenvalue weighted by Gasteiger charge is 2.35. The molecule has 2 N–H and O–H groups in total. The minimum atomic E-state index is -0.429. The van der Waals surface area contributed by atoms with Crippen molar-refractivity contribution in [3.05, 3.63) is 53.5 Å². The first-order chi connectivity index (χ1) is 14.8. The first kappa shape index (κ1) is 20.3. The van der Waals surface area contributed by atoms with Crippen LogP contribution in [0.25, 0.3) is 0 Å². The molecule has 1 aromatic carbocycles. The van der Waals surface area contributed by atoms with E-state index in [1.807, 2.05) is 13.8 Å². The van der Waals surface area contributed by atoms with Crippen LogP contribution in [0.15, 0.2) is 36.7 Å². The van der Waals surface area contributed by atoms with Crippen molar-refractivity contribution in [1.82, 2.24) is 25.3 Å². The number of carbonyl (C=O) groups is 2. The molecule has 3 aromatic rings. The van der Waals surface area contributed by atoms with Crippen molar-refractivity contribution in [3.8, 4) is 17.2 Å². The molecule has 10 nitrogen and oxygen atoms in total. The lowest BCUT2D eigenvalue weighted by atomic mass is 9.98. The number of ether oxygens (including phenoxy) is 2. The normalized spacial score (nSPS) is 13.8. The van der Waals surface area contributed by atoms with Crippen molar-refractivity contribution in [3.63, 3.8) is 0 Å². The molecule has 0 bridgehead atoms. The quantitative estimate of drug-likeness (QED) is 0.647. The highest BCUT2D eigenvalue weighted by atomic mass is 16.5. The molecule has 0 saturated carbocycles. The maximum atomic E-state index is 13.0. The summed E-state index contributed by atoms with van der Waals surface area (Å²) >= 11 is 0. The van der Waals surface area contributed by atoms with Gasteiger partial charge in [0.25, 0.3) is 11.8 Å². The molecule has 4 rings (SSSR count). The third-order valence-electron chi connectivity index (χ3n) is 4.71. The van der Waals surface area contributed by atoms with Crippen LogP contribution in [-0.2, 0) is 13.5 Å². The maximum Gasteiger partial charge on any atom is 0.269 e. The van der Waals surface area contributed by atoms with E-state index in [2.05, 4.69) is 25.8 Å². The lowest BCUT2D eigenvalue weighted by Gasteiger charge is -2.16. The van der Waals surface area contributed by atoms with Gasteiger partial charge in [0.15, 0.2) is 5.82 Å². The van der Waals surface area contributed by atoms with Crippen molar-refractivity contribution in [2.24, 2.45) is 7.05 Å². The van der Waals surface area contributed by atoms with Crippen LogP contribution in [0, 0.1) is 0 Å². The number of carbonyl (C=O) groups excluding carboxylic acids is 2. The van der Waals surface area contributed by atoms with E-state index in [0.29, 0.717) is 35.1 Å². The fourth-order valence-electron chi connectivity index (χ4n) is 3.34. The number of anilines is 1. The average molecular weight is 422 g/mol. The van der Waals surface area contributed by atoms with Gasteiger partial charge in [-0.2, -0.15) is 9.90 Å².